The maximum Gasteiger partial charge on any atom is 0.306 e. The normalized spacial score (nSPS) is 12.2. The van der Waals surface area contributed by atoms with Gasteiger partial charge in [-0.15, -0.1) is 0 Å². The van der Waals surface area contributed by atoms with E-state index in [0.717, 1.165) is 64.2 Å². The average molecular weight is 1140 g/mol. The molecule has 0 aromatic rings. The maximum atomic E-state index is 12.9. The number of hydrogen-bond donors (Lipinski definition) is 0. The topological polar surface area (TPSA) is 78.9 Å². The Morgan fingerprint density at radius 3 is 0.654 bits per heavy atom. The van der Waals surface area contributed by atoms with E-state index in [2.05, 4.69) is 57.2 Å². The zero-order chi connectivity index (χ0) is 58.5. The van der Waals surface area contributed by atoms with Crippen LogP contribution in [0.4, 0.5) is 0 Å². The second-order valence-electron chi connectivity index (χ2n) is 24.8. The van der Waals surface area contributed by atoms with Crippen LogP contribution in [0.15, 0.2) is 36.5 Å². The monoisotopic (exact) mass is 1140 g/mol. The lowest BCUT2D eigenvalue weighted by Gasteiger charge is -2.18. The molecule has 476 valence electrons. The number of carbonyl (C=O) groups excluding carboxylic acids is 3. The van der Waals surface area contributed by atoms with Crippen molar-refractivity contribution in [1.82, 2.24) is 0 Å². The summed E-state index contributed by atoms with van der Waals surface area (Å²) >= 11 is 0. The first-order valence-electron chi connectivity index (χ1n) is 36.5. The molecule has 0 fully saturated rings. The molecule has 0 N–H and O–H groups in total. The molecule has 0 aliphatic carbocycles. The lowest BCUT2D eigenvalue weighted by molar-refractivity contribution is -0.167. The number of hydrogen-bond acceptors (Lipinski definition) is 6. The third kappa shape index (κ3) is 68.3. The van der Waals surface area contributed by atoms with E-state index < -0.39 is 6.10 Å². The van der Waals surface area contributed by atoms with E-state index in [9.17, 15) is 14.4 Å². The number of carbonyl (C=O) groups is 3. The fourth-order valence-electron chi connectivity index (χ4n) is 11.1. The van der Waals surface area contributed by atoms with Crippen LogP contribution in [-0.4, -0.2) is 37.2 Å². The van der Waals surface area contributed by atoms with E-state index in [1.54, 1.807) is 0 Å². The molecule has 0 aromatic carbocycles. The summed E-state index contributed by atoms with van der Waals surface area (Å²) in [4.78, 5) is 38.4. The molecule has 0 aliphatic heterocycles. The Hall–Kier alpha value is -2.37. The van der Waals surface area contributed by atoms with Gasteiger partial charge in [-0.25, -0.2) is 0 Å². The molecule has 1 unspecified atom stereocenters. The summed E-state index contributed by atoms with van der Waals surface area (Å²) in [5.41, 5.74) is 0. The number of rotatable bonds is 68. The zero-order valence-electron chi connectivity index (χ0n) is 54.8. The van der Waals surface area contributed by atoms with E-state index in [1.165, 1.54) is 302 Å². The van der Waals surface area contributed by atoms with E-state index in [1.807, 2.05) is 0 Å². The van der Waals surface area contributed by atoms with E-state index in [-0.39, 0.29) is 31.1 Å². The van der Waals surface area contributed by atoms with E-state index in [4.69, 9.17) is 14.2 Å². The molecule has 0 aromatic heterocycles. The smallest absolute Gasteiger partial charge is 0.306 e. The number of ether oxygens (including phenoxy) is 3. The minimum Gasteiger partial charge on any atom is -0.462 e. The Morgan fingerprint density at radius 1 is 0.235 bits per heavy atom. The molecule has 6 nitrogen and oxygen atoms in total. The molecule has 6 heteroatoms. The quantitative estimate of drug-likeness (QED) is 0.0261. The van der Waals surface area contributed by atoms with Gasteiger partial charge in [0, 0.05) is 19.3 Å². The summed E-state index contributed by atoms with van der Waals surface area (Å²) in [6, 6.07) is 0. The summed E-state index contributed by atoms with van der Waals surface area (Å²) in [6.45, 7) is 6.66. The van der Waals surface area contributed by atoms with Crippen LogP contribution < -0.4 is 0 Å². The van der Waals surface area contributed by atoms with Crippen LogP contribution in [0.5, 0.6) is 0 Å². The molecule has 0 saturated carbocycles. The van der Waals surface area contributed by atoms with Crippen LogP contribution in [0.25, 0.3) is 0 Å². The van der Waals surface area contributed by atoms with Gasteiger partial charge in [-0.05, 0) is 89.9 Å². The Bertz CT molecular complexity index is 1350. The fraction of sp³-hybridized carbons (Fsp3) is 0.880. The summed E-state index contributed by atoms with van der Waals surface area (Å²) in [6.07, 6.45) is 87.7. The van der Waals surface area contributed by atoms with Crippen molar-refractivity contribution in [2.24, 2.45) is 0 Å². The highest BCUT2D eigenvalue weighted by molar-refractivity contribution is 5.71. The minimum absolute atomic E-state index is 0.0710. The summed E-state index contributed by atoms with van der Waals surface area (Å²) in [5.74, 6) is -0.857. The summed E-state index contributed by atoms with van der Waals surface area (Å²) in [5, 5.41) is 0. The van der Waals surface area contributed by atoms with Crippen molar-refractivity contribution in [3.63, 3.8) is 0 Å². The van der Waals surface area contributed by atoms with Gasteiger partial charge in [0.25, 0.3) is 0 Å². The van der Waals surface area contributed by atoms with Crippen LogP contribution in [0.2, 0.25) is 0 Å². The van der Waals surface area contributed by atoms with Crippen molar-refractivity contribution in [1.29, 1.82) is 0 Å². The largest absolute Gasteiger partial charge is 0.462 e. The molecule has 1 atom stereocenters. The van der Waals surface area contributed by atoms with Crippen molar-refractivity contribution < 1.29 is 28.6 Å². The molecule has 0 aliphatic rings. The van der Waals surface area contributed by atoms with Gasteiger partial charge in [0.2, 0.25) is 0 Å². The van der Waals surface area contributed by atoms with Gasteiger partial charge < -0.3 is 14.2 Å². The van der Waals surface area contributed by atoms with Crippen molar-refractivity contribution in [2.75, 3.05) is 13.2 Å². The second kappa shape index (κ2) is 70.1. The number of esters is 3. The Balaban J connectivity index is 4.11. The van der Waals surface area contributed by atoms with Gasteiger partial charge in [-0.1, -0.05) is 333 Å². The van der Waals surface area contributed by atoms with Crippen LogP contribution in [0, 0.1) is 0 Å². The fourth-order valence-corrected chi connectivity index (χ4v) is 11.1. The minimum atomic E-state index is -0.775. The van der Waals surface area contributed by atoms with Crippen molar-refractivity contribution in [2.45, 2.75) is 412 Å². The lowest BCUT2D eigenvalue weighted by atomic mass is 10.0. The second-order valence-corrected chi connectivity index (χ2v) is 24.8. The molecule has 0 spiro atoms. The van der Waals surface area contributed by atoms with Gasteiger partial charge >= 0.3 is 17.9 Å². The SMILES string of the molecule is CCCC/C=C\CCCCCCCC(=O)OCC(COC(=O)CCCCCCCCCCCCCCCCCCCCC/C=C\CCCCCCCCCC)OC(=O)CCCCCCCCCCC/C=C\CCCCCCCCCC. The van der Waals surface area contributed by atoms with Gasteiger partial charge in [-0.2, -0.15) is 0 Å². The van der Waals surface area contributed by atoms with Crippen LogP contribution in [0.3, 0.4) is 0 Å². The highest BCUT2D eigenvalue weighted by Crippen LogP contribution is 2.18. The zero-order valence-corrected chi connectivity index (χ0v) is 54.8. The molecule has 0 heterocycles. The molecule has 0 rings (SSSR count). The van der Waals surface area contributed by atoms with Gasteiger partial charge in [0.1, 0.15) is 13.2 Å². The summed E-state index contributed by atoms with van der Waals surface area (Å²) < 4.78 is 17.0. The van der Waals surface area contributed by atoms with Crippen LogP contribution in [-0.2, 0) is 28.6 Å². The highest BCUT2D eigenvalue weighted by atomic mass is 16.6. The Morgan fingerprint density at radius 2 is 0.420 bits per heavy atom. The molecular formula is C75H140O6. The Kier molecular flexibility index (Phi) is 68.1. The first-order chi connectivity index (χ1) is 40.0. The first-order valence-corrected chi connectivity index (χ1v) is 36.5. The number of unbranched alkanes of at least 4 members (excludes halogenated alkanes) is 51. The van der Waals surface area contributed by atoms with Gasteiger partial charge in [-0.3, -0.25) is 14.4 Å². The van der Waals surface area contributed by atoms with Crippen LogP contribution in [0.1, 0.15) is 406 Å². The first kappa shape index (κ1) is 78.6. The third-order valence-corrected chi connectivity index (χ3v) is 16.6. The number of allylic oxidation sites excluding steroid dienone is 6. The van der Waals surface area contributed by atoms with Gasteiger partial charge in [0.15, 0.2) is 6.10 Å². The summed E-state index contributed by atoms with van der Waals surface area (Å²) in [7, 11) is 0. The van der Waals surface area contributed by atoms with Crippen LogP contribution >= 0.6 is 0 Å². The predicted octanol–water partition coefficient (Wildman–Crippen LogP) is 25.1. The third-order valence-electron chi connectivity index (χ3n) is 16.6. The highest BCUT2D eigenvalue weighted by Gasteiger charge is 2.19. The Labute approximate surface area is 506 Å². The van der Waals surface area contributed by atoms with E-state index in [0.29, 0.717) is 19.3 Å². The van der Waals surface area contributed by atoms with Crippen molar-refractivity contribution in [3.05, 3.63) is 36.5 Å². The molecule has 0 saturated heterocycles. The van der Waals surface area contributed by atoms with Crippen molar-refractivity contribution >= 4 is 17.9 Å². The average Bonchev–Trinajstić information content (AvgIpc) is 3.47. The molecule has 0 radical (unpaired) electrons. The standard InChI is InChI=1S/C75H140O6/c1-4-7-10-13-16-19-22-24-26-28-30-32-33-34-35-36-37-38-39-40-41-43-44-46-48-50-53-56-59-62-65-68-74(77)80-71-72(70-79-73(76)67-64-61-58-55-52-21-18-15-12-9-6-3)81-75(78)69-66-63-60-57-54-51-49-47-45-42-31-29-27-25-23-20-17-14-11-8-5-2/h15,18,28-31,72H,4-14,16-17,19-27,32-71H2,1-3H3/b18-15-,30-28-,31-29-. The predicted molar refractivity (Wildman–Crippen MR) is 353 cm³/mol. The van der Waals surface area contributed by atoms with Crippen molar-refractivity contribution in [3.8, 4) is 0 Å². The lowest BCUT2D eigenvalue weighted by Crippen LogP contribution is -2.30. The maximum absolute atomic E-state index is 12.9. The molecule has 81 heavy (non-hydrogen) atoms. The molecule has 0 bridgehead atoms. The molecular weight excluding hydrogens is 997 g/mol. The van der Waals surface area contributed by atoms with E-state index >= 15 is 0 Å². The van der Waals surface area contributed by atoms with Gasteiger partial charge in [0.05, 0.1) is 0 Å². The molecule has 0 amide bonds.